The maximum atomic E-state index is 12.1. The summed E-state index contributed by atoms with van der Waals surface area (Å²) in [7, 11) is 0. The summed E-state index contributed by atoms with van der Waals surface area (Å²) in [4.78, 5) is 37.4. The van der Waals surface area contributed by atoms with Crippen LogP contribution >= 0.6 is 11.8 Å². The molecule has 3 rings (SSSR count). The molecule has 0 aliphatic heterocycles. The van der Waals surface area contributed by atoms with E-state index in [0.717, 1.165) is 28.6 Å². The summed E-state index contributed by atoms with van der Waals surface area (Å²) in [5.74, 6) is -0.00991. The molecule has 1 aromatic carbocycles. The molecular formula is C15H15N5O2S. The van der Waals surface area contributed by atoms with E-state index in [2.05, 4.69) is 25.3 Å². The smallest absolute Gasteiger partial charge is 0.277 e. The minimum Gasteiger partial charge on any atom is -0.339 e. The molecule has 3 aromatic rings. The topological polar surface area (TPSA) is 104 Å². The molecule has 2 aromatic heterocycles. The number of thioether (sulfide) groups is 1. The normalized spacial score (nSPS) is 10.9. The van der Waals surface area contributed by atoms with Crippen molar-refractivity contribution in [2.24, 2.45) is 0 Å². The van der Waals surface area contributed by atoms with Crippen molar-refractivity contribution in [3.05, 3.63) is 46.0 Å². The highest BCUT2D eigenvalue weighted by atomic mass is 32.2. The molecule has 0 saturated carbocycles. The third-order valence-electron chi connectivity index (χ3n) is 3.36. The number of amides is 1. The average molecular weight is 329 g/mol. The van der Waals surface area contributed by atoms with Crippen LogP contribution in [0.25, 0.3) is 11.2 Å². The van der Waals surface area contributed by atoms with Gasteiger partial charge in [0.2, 0.25) is 5.91 Å². The Balaban J connectivity index is 1.69. The fourth-order valence-corrected chi connectivity index (χ4v) is 2.87. The highest BCUT2D eigenvalue weighted by molar-refractivity contribution is 7.99. The Morgan fingerprint density at radius 2 is 2.04 bits per heavy atom. The Morgan fingerprint density at radius 1 is 1.30 bits per heavy atom. The van der Waals surface area contributed by atoms with Gasteiger partial charge in [-0.05, 0) is 25.0 Å². The number of benzene rings is 1. The van der Waals surface area contributed by atoms with Gasteiger partial charge in [-0.25, -0.2) is 9.97 Å². The van der Waals surface area contributed by atoms with Crippen molar-refractivity contribution in [1.82, 2.24) is 19.9 Å². The van der Waals surface area contributed by atoms with Gasteiger partial charge in [0.05, 0.1) is 12.1 Å². The van der Waals surface area contributed by atoms with E-state index in [9.17, 15) is 9.59 Å². The summed E-state index contributed by atoms with van der Waals surface area (Å²) in [6.45, 7) is 3.89. The van der Waals surface area contributed by atoms with Crippen molar-refractivity contribution in [3.63, 3.8) is 0 Å². The van der Waals surface area contributed by atoms with Crippen molar-refractivity contribution in [2.45, 2.75) is 19.0 Å². The molecule has 118 valence electrons. The van der Waals surface area contributed by atoms with Gasteiger partial charge in [-0.3, -0.25) is 14.6 Å². The number of rotatable bonds is 4. The van der Waals surface area contributed by atoms with E-state index in [1.807, 2.05) is 32.0 Å². The number of carbonyl (C=O) groups is 1. The van der Waals surface area contributed by atoms with Crippen molar-refractivity contribution in [1.29, 1.82) is 0 Å². The second kappa shape index (κ2) is 6.25. The van der Waals surface area contributed by atoms with Gasteiger partial charge in [-0.2, -0.15) is 0 Å². The van der Waals surface area contributed by atoms with Crippen LogP contribution in [-0.4, -0.2) is 31.6 Å². The summed E-state index contributed by atoms with van der Waals surface area (Å²) in [5.41, 5.74) is 3.20. The number of para-hydroxylation sites is 1. The zero-order valence-corrected chi connectivity index (χ0v) is 13.5. The molecule has 0 atom stereocenters. The first kappa shape index (κ1) is 15.3. The second-order valence-electron chi connectivity index (χ2n) is 5.08. The van der Waals surface area contributed by atoms with Crippen LogP contribution in [0.1, 0.15) is 11.1 Å². The predicted molar refractivity (Wildman–Crippen MR) is 89.8 cm³/mol. The Bertz CT molecular complexity index is 911. The van der Waals surface area contributed by atoms with Crippen LogP contribution in [0.15, 0.2) is 34.5 Å². The van der Waals surface area contributed by atoms with Crippen LogP contribution < -0.4 is 10.9 Å². The van der Waals surface area contributed by atoms with Crippen molar-refractivity contribution in [2.75, 3.05) is 11.1 Å². The lowest BCUT2D eigenvalue weighted by Crippen LogP contribution is -2.17. The van der Waals surface area contributed by atoms with E-state index in [1.54, 1.807) is 0 Å². The lowest BCUT2D eigenvalue weighted by Gasteiger charge is -2.11. The fraction of sp³-hybridized carbons (Fsp3) is 0.200. The van der Waals surface area contributed by atoms with Crippen LogP contribution in [0.5, 0.6) is 0 Å². The van der Waals surface area contributed by atoms with Gasteiger partial charge >= 0.3 is 0 Å². The molecule has 0 aliphatic carbocycles. The molecule has 7 nitrogen and oxygen atoms in total. The Labute approximate surface area is 135 Å². The van der Waals surface area contributed by atoms with E-state index < -0.39 is 0 Å². The number of nitrogens with zero attached hydrogens (tertiary/aromatic N) is 2. The van der Waals surface area contributed by atoms with Crippen LogP contribution in [0.4, 0.5) is 5.69 Å². The third kappa shape index (κ3) is 3.26. The largest absolute Gasteiger partial charge is 0.339 e. The van der Waals surface area contributed by atoms with Gasteiger partial charge in [-0.1, -0.05) is 30.0 Å². The Hall–Kier alpha value is -2.61. The zero-order valence-electron chi connectivity index (χ0n) is 12.6. The number of hydrogen-bond donors (Lipinski definition) is 3. The van der Waals surface area contributed by atoms with Crippen LogP contribution in [-0.2, 0) is 4.79 Å². The molecule has 0 unspecified atom stereocenters. The van der Waals surface area contributed by atoms with Gasteiger partial charge in [0, 0.05) is 5.69 Å². The molecule has 1 amide bonds. The monoisotopic (exact) mass is 329 g/mol. The second-order valence-corrected chi connectivity index (χ2v) is 6.04. The van der Waals surface area contributed by atoms with Gasteiger partial charge in [-0.15, -0.1) is 0 Å². The first-order chi connectivity index (χ1) is 11.0. The fourth-order valence-electron chi connectivity index (χ4n) is 2.21. The first-order valence-corrected chi connectivity index (χ1v) is 7.95. The summed E-state index contributed by atoms with van der Waals surface area (Å²) >= 11 is 1.16. The first-order valence-electron chi connectivity index (χ1n) is 6.97. The molecule has 0 bridgehead atoms. The molecule has 0 aliphatic rings. The number of aromatic amines is 2. The highest BCUT2D eigenvalue weighted by Crippen LogP contribution is 2.20. The van der Waals surface area contributed by atoms with E-state index in [-0.39, 0.29) is 17.2 Å². The summed E-state index contributed by atoms with van der Waals surface area (Å²) in [6, 6.07) is 5.84. The summed E-state index contributed by atoms with van der Waals surface area (Å²) < 4.78 is 0. The number of nitrogens with one attached hydrogen (secondary N) is 3. The van der Waals surface area contributed by atoms with Crippen molar-refractivity contribution < 1.29 is 4.79 Å². The number of imidazole rings is 1. The number of aryl methyl sites for hydroxylation is 2. The van der Waals surface area contributed by atoms with Gasteiger partial charge in [0.25, 0.3) is 5.56 Å². The molecule has 0 fully saturated rings. The maximum absolute atomic E-state index is 12.1. The van der Waals surface area contributed by atoms with Gasteiger partial charge < -0.3 is 10.3 Å². The van der Waals surface area contributed by atoms with Crippen molar-refractivity contribution in [3.8, 4) is 0 Å². The van der Waals surface area contributed by atoms with E-state index in [4.69, 9.17) is 0 Å². The molecule has 3 N–H and O–H groups in total. The minimum atomic E-state index is -0.301. The van der Waals surface area contributed by atoms with Crippen LogP contribution in [0, 0.1) is 13.8 Å². The number of hydrogen-bond acceptors (Lipinski definition) is 5. The molecule has 0 spiro atoms. The quantitative estimate of drug-likeness (QED) is 0.502. The van der Waals surface area contributed by atoms with Crippen LogP contribution in [0.2, 0.25) is 0 Å². The van der Waals surface area contributed by atoms with Gasteiger partial charge in [0.15, 0.2) is 16.3 Å². The van der Waals surface area contributed by atoms with Crippen LogP contribution in [0.3, 0.4) is 0 Å². The lowest BCUT2D eigenvalue weighted by molar-refractivity contribution is -0.113. The Morgan fingerprint density at radius 3 is 2.78 bits per heavy atom. The molecular weight excluding hydrogens is 314 g/mol. The van der Waals surface area contributed by atoms with Crippen molar-refractivity contribution >= 4 is 34.5 Å². The Kier molecular flexibility index (Phi) is 4.16. The maximum Gasteiger partial charge on any atom is 0.277 e. The molecule has 2 heterocycles. The molecule has 23 heavy (non-hydrogen) atoms. The number of anilines is 1. The van der Waals surface area contributed by atoms with E-state index in [0.29, 0.717) is 16.3 Å². The number of fused-ring (bicyclic) bond motifs is 1. The molecule has 8 heteroatoms. The SMILES string of the molecule is Cc1cccc(C)c1NC(=O)CSc1nc2nc[nH]c2c(=O)[nH]1. The van der Waals surface area contributed by atoms with Gasteiger partial charge in [0.1, 0.15) is 0 Å². The zero-order chi connectivity index (χ0) is 16.4. The number of aromatic nitrogens is 4. The third-order valence-corrected chi connectivity index (χ3v) is 4.23. The molecule has 0 saturated heterocycles. The summed E-state index contributed by atoms with van der Waals surface area (Å²) in [6.07, 6.45) is 1.41. The number of carbonyl (C=O) groups excluding carboxylic acids is 1. The number of H-pyrrole nitrogens is 2. The highest BCUT2D eigenvalue weighted by Gasteiger charge is 2.10. The summed E-state index contributed by atoms with van der Waals surface area (Å²) in [5, 5.41) is 3.26. The lowest BCUT2D eigenvalue weighted by atomic mass is 10.1. The van der Waals surface area contributed by atoms with E-state index >= 15 is 0 Å². The van der Waals surface area contributed by atoms with E-state index in [1.165, 1.54) is 6.33 Å². The average Bonchev–Trinajstić information content (AvgIpc) is 2.98. The minimum absolute atomic E-state index is 0.145. The predicted octanol–water partition coefficient (Wildman–Crippen LogP) is 1.99. The standard InChI is InChI=1S/C15H15N5O2S/c1-8-4-3-5-9(2)11(8)18-10(21)6-23-15-19-13-12(14(22)20-15)16-7-17-13/h3-5,7H,6H2,1-2H3,(H,18,21)(H2,16,17,19,20,22). The molecule has 0 radical (unpaired) electrons.